The van der Waals surface area contributed by atoms with E-state index in [9.17, 15) is 4.79 Å². The second-order valence-corrected chi connectivity index (χ2v) is 4.59. The average molecular weight is 245 g/mol. The minimum atomic E-state index is -0.214. The summed E-state index contributed by atoms with van der Waals surface area (Å²) >= 11 is 0. The van der Waals surface area contributed by atoms with E-state index in [1.54, 1.807) is 6.21 Å². The minimum absolute atomic E-state index is 0.214. The van der Waals surface area contributed by atoms with Crippen LogP contribution in [0.2, 0.25) is 0 Å². The van der Waals surface area contributed by atoms with Crippen molar-refractivity contribution in [1.29, 1.82) is 0 Å². The Morgan fingerprint density at radius 1 is 1.17 bits per heavy atom. The van der Waals surface area contributed by atoms with Crippen LogP contribution in [0.3, 0.4) is 0 Å². The third-order valence-corrected chi connectivity index (χ3v) is 3.12. The monoisotopic (exact) mass is 245 g/mol. The molecule has 1 aliphatic carbocycles. The first-order chi connectivity index (χ1) is 8.84. The van der Waals surface area contributed by atoms with Gasteiger partial charge in [-0.1, -0.05) is 49.6 Å². The second kappa shape index (κ2) is 6.79. The van der Waals surface area contributed by atoms with Gasteiger partial charge in [-0.3, -0.25) is 0 Å². The number of amides is 2. The molecular weight excluding hydrogens is 226 g/mol. The number of nitrogens with zero attached hydrogens (tertiary/aromatic N) is 1. The summed E-state index contributed by atoms with van der Waals surface area (Å²) in [5.74, 6) is 0. The van der Waals surface area contributed by atoms with Crippen LogP contribution < -0.4 is 10.7 Å². The van der Waals surface area contributed by atoms with Gasteiger partial charge in [0.1, 0.15) is 0 Å². The summed E-state index contributed by atoms with van der Waals surface area (Å²) in [6, 6.07) is 9.78. The number of nitrogens with one attached hydrogen (secondary N) is 2. The van der Waals surface area contributed by atoms with Crippen LogP contribution in [-0.4, -0.2) is 18.3 Å². The molecular formula is C14H19N3O. The van der Waals surface area contributed by atoms with Crippen molar-refractivity contribution in [2.24, 2.45) is 5.10 Å². The molecule has 2 rings (SSSR count). The number of hydrogen-bond acceptors (Lipinski definition) is 2. The van der Waals surface area contributed by atoms with Crippen LogP contribution in [0.4, 0.5) is 4.79 Å². The maximum absolute atomic E-state index is 11.6. The van der Waals surface area contributed by atoms with Crippen LogP contribution in [0.15, 0.2) is 35.4 Å². The van der Waals surface area contributed by atoms with Gasteiger partial charge in [-0.25, -0.2) is 10.2 Å². The fourth-order valence-electron chi connectivity index (χ4n) is 2.17. The van der Waals surface area contributed by atoms with Crippen molar-refractivity contribution in [3.8, 4) is 0 Å². The van der Waals surface area contributed by atoms with Crippen molar-refractivity contribution in [3.63, 3.8) is 0 Å². The van der Waals surface area contributed by atoms with Crippen molar-refractivity contribution in [3.05, 3.63) is 35.9 Å². The maximum Gasteiger partial charge on any atom is 0.335 e. The quantitative estimate of drug-likeness (QED) is 0.624. The highest BCUT2D eigenvalue weighted by molar-refractivity contribution is 5.81. The van der Waals surface area contributed by atoms with Gasteiger partial charge in [0.15, 0.2) is 0 Å². The molecule has 0 bridgehead atoms. The van der Waals surface area contributed by atoms with Crippen LogP contribution in [0.5, 0.6) is 0 Å². The Morgan fingerprint density at radius 2 is 1.89 bits per heavy atom. The lowest BCUT2D eigenvalue weighted by Gasteiger charge is -2.22. The summed E-state index contributed by atoms with van der Waals surface area (Å²) < 4.78 is 0. The first-order valence-electron chi connectivity index (χ1n) is 6.49. The summed E-state index contributed by atoms with van der Waals surface area (Å²) in [6.45, 7) is 0. The van der Waals surface area contributed by atoms with E-state index in [2.05, 4.69) is 15.8 Å². The zero-order valence-electron chi connectivity index (χ0n) is 10.4. The van der Waals surface area contributed by atoms with Gasteiger partial charge in [0.25, 0.3) is 0 Å². The van der Waals surface area contributed by atoms with Crippen LogP contribution in [0.1, 0.15) is 37.7 Å². The normalized spacial score (nSPS) is 16.7. The maximum atomic E-state index is 11.6. The molecule has 1 aromatic rings. The number of benzene rings is 1. The van der Waals surface area contributed by atoms with E-state index in [4.69, 9.17) is 0 Å². The minimum Gasteiger partial charge on any atom is -0.334 e. The number of urea groups is 1. The van der Waals surface area contributed by atoms with E-state index in [0.717, 1.165) is 18.4 Å². The highest BCUT2D eigenvalue weighted by Gasteiger charge is 2.14. The molecule has 0 spiro atoms. The zero-order chi connectivity index (χ0) is 12.6. The Bertz CT molecular complexity index is 397. The molecule has 0 heterocycles. The number of hydrazone groups is 1. The molecule has 18 heavy (non-hydrogen) atoms. The van der Waals surface area contributed by atoms with E-state index < -0.39 is 0 Å². The number of hydrogen-bond donors (Lipinski definition) is 2. The number of carbonyl (C=O) groups excluding carboxylic acids is 1. The summed E-state index contributed by atoms with van der Waals surface area (Å²) in [4.78, 5) is 11.6. The Morgan fingerprint density at radius 3 is 2.61 bits per heavy atom. The van der Waals surface area contributed by atoms with E-state index >= 15 is 0 Å². The van der Waals surface area contributed by atoms with Crippen molar-refractivity contribution in [1.82, 2.24) is 10.7 Å². The van der Waals surface area contributed by atoms with Gasteiger partial charge in [-0.05, 0) is 18.4 Å². The van der Waals surface area contributed by atoms with Crippen LogP contribution >= 0.6 is 0 Å². The van der Waals surface area contributed by atoms with Gasteiger partial charge in [0.2, 0.25) is 0 Å². The first-order valence-corrected chi connectivity index (χ1v) is 6.49. The molecule has 1 saturated carbocycles. The van der Waals surface area contributed by atoms with Crippen LogP contribution in [0.25, 0.3) is 0 Å². The van der Waals surface area contributed by atoms with Gasteiger partial charge in [-0.15, -0.1) is 0 Å². The Kier molecular flexibility index (Phi) is 4.76. The molecule has 0 saturated heterocycles. The molecule has 4 heteroatoms. The number of rotatable bonds is 3. The molecule has 0 atom stereocenters. The fraction of sp³-hybridized carbons (Fsp3) is 0.429. The van der Waals surface area contributed by atoms with E-state index in [0.29, 0.717) is 6.04 Å². The lowest BCUT2D eigenvalue weighted by atomic mass is 9.96. The fourth-order valence-corrected chi connectivity index (χ4v) is 2.17. The van der Waals surface area contributed by atoms with Gasteiger partial charge in [-0.2, -0.15) is 5.10 Å². The van der Waals surface area contributed by atoms with Crippen LogP contribution in [-0.2, 0) is 0 Å². The third-order valence-electron chi connectivity index (χ3n) is 3.12. The predicted molar refractivity (Wildman–Crippen MR) is 72.6 cm³/mol. The van der Waals surface area contributed by atoms with Gasteiger partial charge in [0, 0.05) is 6.04 Å². The Labute approximate surface area is 107 Å². The standard InChI is InChI=1S/C14H19N3O/c18-14(16-13-9-5-2-6-10-13)17-15-11-12-7-3-1-4-8-12/h1,3-4,7-8,11,13H,2,5-6,9-10H2,(H2,16,17,18)/b15-11-. The number of carbonyl (C=O) groups is 1. The molecule has 0 aliphatic heterocycles. The van der Waals surface area contributed by atoms with Crippen molar-refractivity contribution < 1.29 is 4.79 Å². The molecule has 2 N–H and O–H groups in total. The molecule has 96 valence electrons. The van der Waals surface area contributed by atoms with E-state index in [-0.39, 0.29) is 6.03 Å². The first kappa shape index (κ1) is 12.6. The molecule has 4 nitrogen and oxygen atoms in total. The van der Waals surface area contributed by atoms with Gasteiger partial charge >= 0.3 is 6.03 Å². The molecule has 0 unspecified atom stereocenters. The molecule has 1 aliphatic rings. The van der Waals surface area contributed by atoms with Crippen molar-refractivity contribution in [2.45, 2.75) is 38.1 Å². The van der Waals surface area contributed by atoms with Crippen molar-refractivity contribution in [2.75, 3.05) is 0 Å². The largest absolute Gasteiger partial charge is 0.335 e. The summed E-state index contributed by atoms with van der Waals surface area (Å²) in [5.41, 5.74) is 3.47. The highest BCUT2D eigenvalue weighted by atomic mass is 16.2. The van der Waals surface area contributed by atoms with E-state index in [1.165, 1.54) is 19.3 Å². The predicted octanol–water partition coefficient (Wildman–Crippen LogP) is 2.65. The Hall–Kier alpha value is -1.84. The molecule has 2 amide bonds. The molecule has 1 fully saturated rings. The molecule has 0 aromatic heterocycles. The van der Waals surface area contributed by atoms with Crippen LogP contribution in [0, 0.1) is 0 Å². The average Bonchev–Trinajstić information content (AvgIpc) is 2.41. The zero-order valence-corrected chi connectivity index (χ0v) is 10.4. The molecule has 0 radical (unpaired) electrons. The highest BCUT2D eigenvalue weighted by Crippen LogP contribution is 2.16. The lowest BCUT2D eigenvalue weighted by Crippen LogP contribution is -2.41. The SMILES string of the molecule is O=C(N/N=C\c1ccccc1)NC1CCCCC1. The summed E-state index contributed by atoms with van der Waals surface area (Å²) in [7, 11) is 0. The summed E-state index contributed by atoms with van der Waals surface area (Å²) in [5, 5.41) is 6.86. The lowest BCUT2D eigenvalue weighted by molar-refractivity contribution is 0.233. The van der Waals surface area contributed by atoms with Gasteiger partial charge in [0.05, 0.1) is 6.21 Å². The smallest absolute Gasteiger partial charge is 0.334 e. The molecule has 1 aromatic carbocycles. The second-order valence-electron chi connectivity index (χ2n) is 4.59. The van der Waals surface area contributed by atoms with Crippen molar-refractivity contribution >= 4 is 12.2 Å². The topological polar surface area (TPSA) is 53.5 Å². The Balaban J connectivity index is 1.72. The van der Waals surface area contributed by atoms with Gasteiger partial charge < -0.3 is 5.32 Å². The summed E-state index contributed by atoms with van der Waals surface area (Å²) in [6.07, 6.45) is 7.49. The third kappa shape index (κ3) is 4.20. The van der Waals surface area contributed by atoms with E-state index in [1.807, 2.05) is 30.3 Å².